The van der Waals surface area contributed by atoms with Crippen molar-refractivity contribution in [3.8, 4) is 0 Å². The normalized spacial score (nSPS) is 40.8. The van der Waals surface area contributed by atoms with Crippen molar-refractivity contribution in [1.29, 1.82) is 0 Å². The van der Waals surface area contributed by atoms with Gasteiger partial charge < -0.3 is 24.8 Å². The molecule has 0 radical (unpaired) electrons. The van der Waals surface area contributed by atoms with E-state index in [1.807, 2.05) is 0 Å². The number of methoxy groups -OCH3 is 1. The third-order valence-electron chi connectivity index (χ3n) is 1.91. The van der Waals surface area contributed by atoms with Gasteiger partial charge in [0.15, 0.2) is 12.1 Å². The molecule has 4 atom stereocenters. The molecule has 3 N–H and O–H groups in total. The van der Waals surface area contributed by atoms with Crippen LogP contribution < -0.4 is 0 Å². The van der Waals surface area contributed by atoms with Gasteiger partial charge in [0.1, 0.15) is 18.3 Å². The average molecular weight is 192 g/mol. The topological polar surface area (TPSA) is 96.2 Å². The molecule has 76 valence electrons. The van der Waals surface area contributed by atoms with E-state index in [0.29, 0.717) is 0 Å². The molecule has 0 amide bonds. The molecule has 1 heterocycles. The van der Waals surface area contributed by atoms with Gasteiger partial charge in [-0.1, -0.05) is 0 Å². The molecule has 1 rings (SSSR count). The zero-order valence-corrected chi connectivity index (χ0v) is 7.08. The van der Waals surface area contributed by atoms with Crippen LogP contribution in [0.3, 0.4) is 0 Å². The summed E-state index contributed by atoms with van der Waals surface area (Å²) in [6, 6.07) is 0. The van der Waals surface area contributed by atoms with E-state index in [0.717, 1.165) is 0 Å². The Morgan fingerprint density at radius 3 is 2.62 bits per heavy atom. The van der Waals surface area contributed by atoms with Crippen LogP contribution >= 0.6 is 0 Å². The van der Waals surface area contributed by atoms with E-state index in [2.05, 4.69) is 4.74 Å². The lowest BCUT2D eigenvalue weighted by molar-refractivity contribution is -0.248. The van der Waals surface area contributed by atoms with Crippen LogP contribution in [0, 0.1) is 0 Å². The molecule has 0 unspecified atom stereocenters. The maximum absolute atomic E-state index is 11.1. The Kier molecular flexibility index (Phi) is 3.34. The lowest BCUT2D eigenvalue weighted by atomic mass is 10.0. The molecular weight excluding hydrogens is 180 g/mol. The second-order valence-electron chi connectivity index (χ2n) is 2.75. The molecule has 0 aliphatic carbocycles. The number of carbonyl (C=O) groups excluding carboxylic acids is 1. The van der Waals surface area contributed by atoms with Crippen molar-refractivity contribution in [2.45, 2.75) is 24.6 Å². The molecule has 6 nitrogen and oxygen atoms in total. The maximum Gasteiger partial charge on any atom is 0.195 e. The first-order chi connectivity index (χ1) is 6.11. The van der Waals surface area contributed by atoms with Crippen molar-refractivity contribution in [2.24, 2.45) is 0 Å². The number of ether oxygens (including phenoxy) is 2. The first kappa shape index (κ1) is 10.6. The number of hydrogen-bond acceptors (Lipinski definition) is 6. The molecule has 1 saturated heterocycles. The van der Waals surface area contributed by atoms with Crippen molar-refractivity contribution in [3.05, 3.63) is 0 Å². The summed E-state index contributed by atoms with van der Waals surface area (Å²) in [5.74, 6) is -0.733. The van der Waals surface area contributed by atoms with Crippen molar-refractivity contribution in [2.75, 3.05) is 13.7 Å². The van der Waals surface area contributed by atoms with Crippen LogP contribution in [0.1, 0.15) is 0 Å². The molecule has 6 heteroatoms. The van der Waals surface area contributed by atoms with Crippen LogP contribution in [0.2, 0.25) is 0 Å². The number of hydrogen-bond donors (Lipinski definition) is 3. The van der Waals surface area contributed by atoms with E-state index in [1.54, 1.807) is 0 Å². The van der Waals surface area contributed by atoms with Crippen molar-refractivity contribution >= 4 is 5.78 Å². The summed E-state index contributed by atoms with van der Waals surface area (Å²) in [5.41, 5.74) is 0. The number of Topliss-reactive ketones (excluding diaryl/α,β-unsaturated/α-hetero) is 1. The van der Waals surface area contributed by atoms with Gasteiger partial charge in [-0.2, -0.15) is 0 Å². The van der Waals surface area contributed by atoms with Crippen LogP contribution in [0.5, 0.6) is 0 Å². The van der Waals surface area contributed by atoms with Crippen LogP contribution in [0.15, 0.2) is 0 Å². The number of rotatable bonds is 2. The minimum atomic E-state index is -1.56. The number of aliphatic hydroxyl groups excluding tert-OH is 3. The molecule has 1 aliphatic rings. The van der Waals surface area contributed by atoms with E-state index in [-0.39, 0.29) is 0 Å². The molecule has 1 fully saturated rings. The Bertz CT molecular complexity index is 189. The highest BCUT2D eigenvalue weighted by Crippen LogP contribution is 2.17. The first-order valence-corrected chi connectivity index (χ1v) is 3.80. The highest BCUT2D eigenvalue weighted by atomic mass is 16.7. The van der Waals surface area contributed by atoms with Gasteiger partial charge >= 0.3 is 0 Å². The van der Waals surface area contributed by atoms with Gasteiger partial charge in [-0.05, 0) is 0 Å². The Morgan fingerprint density at radius 1 is 1.54 bits per heavy atom. The third-order valence-corrected chi connectivity index (χ3v) is 1.91. The second kappa shape index (κ2) is 4.12. The van der Waals surface area contributed by atoms with Gasteiger partial charge in [0.2, 0.25) is 0 Å². The Balaban J connectivity index is 2.72. The molecule has 1 aliphatic heterocycles. The maximum atomic E-state index is 11.1. The van der Waals surface area contributed by atoms with Gasteiger partial charge in [0, 0.05) is 7.11 Å². The number of carbonyl (C=O) groups is 1. The fraction of sp³-hybridized carbons (Fsp3) is 0.857. The predicted octanol–water partition coefficient (Wildman–Crippen LogP) is -2.36. The Hall–Kier alpha value is -0.530. The minimum absolute atomic E-state index is 0.539. The first-order valence-electron chi connectivity index (χ1n) is 3.80. The van der Waals surface area contributed by atoms with Gasteiger partial charge in [-0.3, -0.25) is 4.79 Å². The summed E-state index contributed by atoms with van der Waals surface area (Å²) in [5, 5.41) is 27.1. The molecule has 0 bridgehead atoms. The van der Waals surface area contributed by atoms with E-state index >= 15 is 0 Å². The van der Waals surface area contributed by atoms with E-state index in [1.165, 1.54) is 7.11 Å². The van der Waals surface area contributed by atoms with E-state index in [4.69, 9.17) is 9.84 Å². The molecule has 0 saturated carbocycles. The van der Waals surface area contributed by atoms with Gasteiger partial charge in [-0.15, -0.1) is 0 Å². The zero-order valence-electron chi connectivity index (χ0n) is 7.08. The van der Waals surface area contributed by atoms with E-state index < -0.39 is 37.0 Å². The lowest BCUT2D eigenvalue weighted by Crippen LogP contribution is -2.56. The molecule has 13 heavy (non-hydrogen) atoms. The van der Waals surface area contributed by atoms with Crippen molar-refractivity contribution < 1.29 is 29.6 Å². The van der Waals surface area contributed by atoms with Gasteiger partial charge in [-0.25, -0.2) is 0 Å². The van der Waals surface area contributed by atoms with Crippen molar-refractivity contribution in [3.63, 3.8) is 0 Å². The minimum Gasteiger partial charge on any atom is -0.393 e. The molecule has 0 spiro atoms. The lowest BCUT2D eigenvalue weighted by Gasteiger charge is -2.34. The summed E-state index contributed by atoms with van der Waals surface area (Å²) in [4.78, 5) is 11.1. The van der Waals surface area contributed by atoms with E-state index in [9.17, 15) is 15.0 Å². The smallest absolute Gasteiger partial charge is 0.195 e. The van der Waals surface area contributed by atoms with Gasteiger partial charge in [0.25, 0.3) is 0 Å². The third kappa shape index (κ3) is 1.87. The highest BCUT2D eigenvalue weighted by molar-refractivity contribution is 5.88. The number of aliphatic hydroxyl groups is 3. The predicted molar refractivity (Wildman–Crippen MR) is 39.8 cm³/mol. The fourth-order valence-corrected chi connectivity index (χ4v) is 1.15. The zero-order chi connectivity index (χ0) is 10.0. The SMILES string of the molecule is CO[C@H]1O[C@H](CO)C(=O)[C@H](O)[C@@H]1O. The van der Waals surface area contributed by atoms with Crippen LogP contribution in [-0.2, 0) is 14.3 Å². The molecule has 0 aromatic carbocycles. The van der Waals surface area contributed by atoms with Crippen LogP contribution in [0.4, 0.5) is 0 Å². The molecule has 0 aromatic heterocycles. The van der Waals surface area contributed by atoms with Crippen molar-refractivity contribution in [1.82, 2.24) is 0 Å². The summed E-state index contributed by atoms with van der Waals surface area (Å²) >= 11 is 0. The summed E-state index contributed by atoms with van der Waals surface area (Å²) in [6.45, 7) is -0.539. The van der Waals surface area contributed by atoms with Crippen LogP contribution in [0.25, 0.3) is 0 Å². The molecular formula is C7H12O6. The Morgan fingerprint density at radius 2 is 2.15 bits per heavy atom. The average Bonchev–Trinajstić information content (AvgIpc) is 2.15. The fourth-order valence-electron chi connectivity index (χ4n) is 1.15. The standard InChI is InChI=1S/C7H12O6/c1-12-7-6(11)5(10)4(9)3(2-8)13-7/h3,5-8,10-11H,2H2,1H3/t3-,5+,6+,7+/m1/s1. The summed E-state index contributed by atoms with van der Waals surface area (Å²) in [6.07, 6.45) is -5.16. The Labute approximate surface area is 74.7 Å². The molecule has 0 aromatic rings. The number of ketones is 1. The summed E-state index contributed by atoms with van der Waals surface area (Å²) in [7, 11) is 1.27. The van der Waals surface area contributed by atoms with Crippen LogP contribution in [-0.4, -0.2) is 59.4 Å². The largest absolute Gasteiger partial charge is 0.393 e. The quantitative estimate of drug-likeness (QED) is 0.453. The van der Waals surface area contributed by atoms with Gasteiger partial charge in [0.05, 0.1) is 6.61 Å². The summed E-state index contributed by atoms with van der Waals surface area (Å²) < 4.78 is 9.51. The second-order valence-corrected chi connectivity index (χ2v) is 2.75. The highest BCUT2D eigenvalue weighted by Gasteiger charge is 2.43. The monoisotopic (exact) mass is 192 g/mol.